The largest absolute Gasteiger partial charge is 0.497 e. The monoisotopic (exact) mass is 358 g/mol. The fourth-order valence-electron chi connectivity index (χ4n) is 4.70. The van der Waals surface area contributed by atoms with Crippen molar-refractivity contribution >= 4 is 10.9 Å². The normalized spacial score (nSPS) is 27.8. The van der Waals surface area contributed by atoms with Gasteiger partial charge in [-0.05, 0) is 79.8 Å². The number of aromatic nitrogens is 1. The SMILES string of the molecule is CC[C@@H]1CNCCc2c([nH]c3c(C)cc(OC)cc23)C(C)C(C)C(C)C1.[HH]. The van der Waals surface area contributed by atoms with E-state index in [0.717, 1.165) is 37.1 Å². The number of nitrogens with one attached hydrogen (secondary N) is 2. The van der Waals surface area contributed by atoms with E-state index in [1.54, 1.807) is 7.11 Å². The summed E-state index contributed by atoms with van der Waals surface area (Å²) in [5.41, 5.74) is 5.47. The lowest BCUT2D eigenvalue weighted by molar-refractivity contribution is 0.266. The molecule has 2 N–H and O–H groups in total. The van der Waals surface area contributed by atoms with Crippen LogP contribution >= 0.6 is 0 Å². The summed E-state index contributed by atoms with van der Waals surface area (Å²) in [6.07, 6.45) is 3.66. The number of methoxy groups -OCH3 is 1. The number of H-pyrrole nitrogens is 1. The van der Waals surface area contributed by atoms with Crippen LogP contribution in [0.5, 0.6) is 5.75 Å². The summed E-state index contributed by atoms with van der Waals surface area (Å²) in [6, 6.07) is 4.35. The van der Waals surface area contributed by atoms with E-state index in [1.165, 1.54) is 40.6 Å². The molecule has 4 atom stereocenters. The predicted molar refractivity (Wildman–Crippen MR) is 113 cm³/mol. The molecule has 3 rings (SSSR count). The number of hydrogen-bond donors (Lipinski definition) is 2. The van der Waals surface area contributed by atoms with Gasteiger partial charge in [-0.2, -0.15) is 0 Å². The van der Waals surface area contributed by atoms with Crippen LogP contribution in [-0.2, 0) is 6.42 Å². The van der Waals surface area contributed by atoms with Crippen LogP contribution in [0, 0.1) is 24.7 Å². The lowest BCUT2D eigenvalue weighted by atomic mass is 9.77. The molecule has 1 aliphatic rings. The van der Waals surface area contributed by atoms with E-state index < -0.39 is 0 Å². The maximum atomic E-state index is 5.55. The van der Waals surface area contributed by atoms with Crippen LogP contribution in [-0.4, -0.2) is 25.2 Å². The van der Waals surface area contributed by atoms with Crippen molar-refractivity contribution in [2.24, 2.45) is 17.8 Å². The summed E-state index contributed by atoms with van der Waals surface area (Å²) in [4.78, 5) is 3.81. The van der Waals surface area contributed by atoms with Crippen molar-refractivity contribution in [3.05, 3.63) is 29.0 Å². The minimum atomic E-state index is 0. The first-order chi connectivity index (χ1) is 12.5. The average Bonchev–Trinajstić information content (AvgIpc) is 3.00. The molecule has 146 valence electrons. The fraction of sp³-hybridized carbons (Fsp3) is 0.652. The molecule has 2 heterocycles. The van der Waals surface area contributed by atoms with E-state index >= 15 is 0 Å². The lowest BCUT2D eigenvalue weighted by Crippen LogP contribution is -2.26. The van der Waals surface area contributed by atoms with Crippen molar-refractivity contribution in [2.75, 3.05) is 20.2 Å². The molecular weight excluding hydrogens is 320 g/mol. The Bertz CT molecular complexity index is 754. The van der Waals surface area contributed by atoms with Crippen LogP contribution < -0.4 is 10.1 Å². The predicted octanol–water partition coefficient (Wildman–Crippen LogP) is 5.67. The number of aryl methyl sites for hydroxylation is 1. The highest BCUT2D eigenvalue weighted by Crippen LogP contribution is 2.39. The van der Waals surface area contributed by atoms with E-state index in [4.69, 9.17) is 4.74 Å². The van der Waals surface area contributed by atoms with E-state index in [9.17, 15) is 0 Å². The second kappa shape index (κ2) is 8.04. The molecule has 26 heavy (non-hydrogen) atoms. The molecule has 1 aromatic heterocycles. The molecule has 3 nitrogen and oxygen atoms in total. The highest BCUT2D eigenvalue weighted by atomic mass is 16.5. The van der Waals surface area contributed by atoms with Crippen molar-refractivity contribution in [1.82, 2.24) is 10.3 Å². The fourth-order valence-corrected chi connectivity index (χ4v) is 4.70. The third-order valence-corrected chi connectivity index (χ3v) is 6.86. The van der Waals surface area contributed by atoms with Gasteiger partial charge in [-0.15, -0.1) is 0 Å². The Balaban J connectivity index is 0.00000261. The smallest absolute Gasteiger partial charge is 0.119 e. The van der Waals surface area contributed by atoms with Crippen LogP contribution in [0.4, 0.5) is 0 Å². The third-order valence-electron chi connectivity index (χ3n) is 6.86. The number of fused-ring (bicyclic) bond motifs is 3. The van der Waals surface area contributed by atoms with Gasteiger partial charge >= 0.3 is 0 Å². The Kier molecular flexibility index (Phi) is 5.96. The first kappa shape index (κ1) is 19.3. The second-order valence-electron chi connectivity index (χ2n) is 8.47. The van der Waals surface area contributed by atoms with Crippen LogP contribution in [0.25, 0.3) is 10.9 Å². The summed E-state index contributed by atoms with van der Waals surface area (Å²) in [7, 11) is 1.76. The lowest BCUT2D eigenvalue weighted by Gasteiger charge is -2.28. The summed E-state index contributed by atoms with van der Waals surface area (Å²) < 4.78 is 5.55. The maximum Gasteiger partial charge on any atom is 0.119 e. The quantitative estimate of drug-likeness (QED) is 0.726. The van der Waals surface area contributed by atoms with Gasteiger partial charge in [0, 0.05) is 18.0 Å². The number of ether oxygens (including phenoxy) is 1. The van der Waals surface area contributed by atoms with Crippen molar-refractivity contribution in [3.63, 3.8) is 0 Å². The van der Waals surface area contributed by atoms with Crippen LogP contribution in [0.15, 0.2) is 12.1 Å². The first-order valence-electron chi connectivity index (χ1n) is 10.4. The number of benzene rings is 1. The van der Waals surface area contributed by atoms with Crippen molar-refractivity contribution in [2.45, 2.75) is 59.8 Å². The highest BCUT2D eigenvalue weighted by Gasteiger charge is 2.27. The standard InChI is InChI=1S/C23H36N2O.H2/c1-7-18-10-14(2)16(4)17(5)23-20(8-9-24-13-18)21-12-19(26-6)11-15(3)22(21)25-23;/h11-12,14,16-18,24-25H,7-10,13H2,1-6H3;1H/t14?,16?,17?,18-;/m0./s1. The molecule has 3 unspecified atom stereocenters. The molecule has 0 amide bonds. The van der Waals surface area contributed by atoms with Crippen LogP contribution in [0.2, 0.25) is 0 Å². The van der Waals surface area contributed by atoms with Crippen molar-refractivity contribution in [3.8, 4) is 5.75 Å². The van der Waals surface area contributed by atoms with Crippen molar-refractivity contribution in [1.29, 1.82) is 0 Å². The Morgan fingerprint density at radius 3 is 2.69 bits per heavy atom. The summed E-state index contributed by atoms with van der Waals surface area (Å²) in [5, 5.41) is 5.07. The molecule has 0 radical (unpaired) electrons. The van der Waals surface area contributed by atoms with Gasteiger partial charge in [0.1, 0.15) is 5.75 Å². The molecule has 0 bridgehead atoms. The van der Waals surface area contributed by atoms with E-state index in [2.05, 4.69) is 57.1 Å². The van der Waals surface area contributed by atoms with Gasteiger partial charge in [0.25, 0.3) is 0 Å². The molecule has 3 heteroatoms. The molecule has 0 saturated carbocycles. The highest BCUT2D eigenvalue weighted by molar-refractivity contribution is 5.89. The molecular formula is C23H38N2O. The molecule has 2 aromatic rings. The Hall–Kier alpha value is -1.48. The molecule has 0 fully saturated rings. The van der Waals surface area contributed by atoms with E-state index in [0.29, 0.717) is 11.8 Å². The van der Waals surface area contributed by atoms with Gasteiger partial charge in [0.15, 0.2) is 0 Å². The van der Waals surface area contributed by atoms with Crippen molar-refractivity contribution < 1.29 is 6.16 Å². The summed E-state index contributed by atoms with van der Waals surface area (Å²) in [5.74, 6) is 3.67. The zero-order valence-electron chi connectivity index (χ0n) is 17.4. The van der Waals surface area contributed by atoms with Gasteiger partial charge in [-0.3, -0.25) is 0 Å². The molecule has 0 spiro atoms. The minimum absolute atomic E-state index is 0. The third kappa shape index (κ3) is 3.64. The number of aromatic amines is 1. The number of hydrogen-bond acceptors (Lipinski definition) is 2. The Morgan fingerprint density at radius 2 is 2.00 bits per heavy atom. The summed E-state index contributed by atoms with van der Waals surface area (Å²) >= 11 is 0. The van der Waals surface area contributed by atoms with Gasteiger partial charge in [0.2, 0.25) is 0 Å². The zero-order valence-corrected chi connectivity index (χ0v) is 17.4. The van der Waals surface area contributed by atoms with Gasteiger partial charge in [0.05, 0.1) is 7.11 Å². The van der Waals surface area contributed by atoms with Crippen LogP contribution in [0.1, 0.15) is 64.7 Å². The molecule has 1 aliphatic heterocycles. The zero-order chi connectivity index (χ0) is 18.8. The topological polar surface area (TPSA) is 37.0 Å². The van der Waals surface area contributed by atoms with Gasteiger partial charge in [-0.1, -0.05) is 34.1 Å². The van der Waals surface area contributed by atoms with E-state index in [1.807, 2.05) is 0 Å². The second-order valence-corrected chi connectivity index (χ2v) is 8.47. The number of rotatable bonds is 2. The average molecular weight is 359 g/mol. The molecule has 1 aromatic carbocycles. The van der Waals surface area contributed by atoms with Crippen LogP contribution in [0.3, 0.4) is 0 Å². The molecule has 0 saturated heterocycles. The minimum Gasteiger partial charge on any atom is -0.497 e. The Labute approximate surface area is 160 Å². The molecule has 0 aliphatic carbocycles. The Morgan fingerprint density at radius 1 is 1.23 bits per heavy atom. The maximum absolute atomic E-state index is 5.55. The van der Waals surface area contributed by atoms with Gasteiger partial charge < -0.3 is 15.0 Å². The van der Waals surface area contributed by atoms with E-state index in [-0.39, 0.29) is 1.43 Å². The summed E-state index contributed by atoms with van der Waals surface area (Å²) in [6.45, 7) is 14.0. The first-order valence-corrected chi connectivity index (χ1v) is 10.4. The van der Waals surface area contributed by atoms with Gasteiger partial charge in [-0.25, -0.2) is 0 Å².